The molecule has 4 nitrogen and oxygen atoms in total. The number of halogens is 1. The van der Waals surface area contributed by atoms with Gasteiger partial charge in [-0.05, 0) is 37.5 Å². The van der Waals surface area contributed by atoms with Crippen molar-refractivity contribution in [3.05, 3.63) is 35.6 Å². The highest BCUT2D eigenvalue weighted by atomic mass is 19.1. The highest BCUT2D eigenvalue weighted by Gasteiger charge is 2.43. The van der Waals surface area contributed by atoms with Crippen molar-refractivity contribution in [2.24, 2.45) is 5.41 Å². The molecule has 3 rings (SSSR count). The Bertz CT molecular complexity index is 511. The molecule has 1 aromatic rings. The molecule has 2 saturated heterocycles. The van der Waals surface area contributed by atoms with E-state index in [0.717, 1.165) is 24.8 Å². The molecule has 0 radical (unpaired) electrons. The molecule has 2 heterocycles. The lowest BCUT2D eigenvalue weighted by molar-refractivity contribution is -0.193. The van der Waals surface area contributed by atoms with Crippen LogP contribution in [0.25, 0.3) is 0 Å². The molecular formula is C16H20FNO3. The highest BCUT2D eigenvalue weighted by Crippen LogP contribution is 2.37. The van der Waals surface area contributed by atoms with Gasteiger partial charge in [-0.1, -0.05) is 12.1 Å². The SMILES string of the molecule is CC1(C(=O)N2OCC[C@H]2c2ccc(F)cc2)CCCOC1. The van der Waals surface area contributed by atoms with E-state index in [0.29, 0.717) is 19.8 Å². The number of nitrogens with zero attached hydrogens (tertiary/aromatic N) is 1. The molecule has 2 atom stereocenters. The van der Waals surface area contributed by atoms with E-state index in [9.17, 15) is 9.18 Å². The Kier molecular flexibility index (Phi) is 3.95. The molecule has 0 aliphatic carbocycles. The van der Waals surface area contributed by atoms with Crippen LogP contribution in [0, 0.1) is 11.2 Å². The fourth-order valence-electron chi connectivity index (χ4n) is 3.03. The third kappa shape index (κ3) is 2.80. The number of benzene rings is 1. The molecule has 0 aromatic heterocycles. The monoisotopic (exact) mass is 293 g/mol. The van der Waals surface area contributed by atoms with Gasteiger partial charge >= 0.3 is 0 Å². The average Bonchev–Trinajstić information content (AvgIpc) is 2.97. The Morgan fingerprint density at radius 2 is 2.10 bits per heavy atom. The molecule has 0 N–H and O–H groups in total. The van der Waals surface area contributed by atoms with Crippen molar-refractivity contribution >= 4 is 5.91 Å². The highest BCUT2D eigenvalue weighted by molar-refractivity contribution is 5.82. The van der Waals surface area contributed by atoms with E-state index in [1.807, 2.05) is 6.92 Å². The second-order valence-corrected chi connectivity index (χ2v) is 6.04. The van der Waals surface area contributed by atoms with Crippen molar-refractivity contribution in [3.8, 4) is 0 Å². The number of hydroxylamine groups is 2. The third-order valence-corrected chi connectivity index (χ3v) is 4.31. The van der Waals surface area contributed by atoms with Crippen LogP contribution in [-0.2, 0) is 14.4 Å². The number of amides is 1. The average molecular weight is 293 g/mol. The zero-order valence-electron chi connectivity index (χ0n) is 12.2. The lowest BCUT2D eigenvalue weighted by atomic mass is 9.83. The topological polar surface area (TPSA) is 38.8 Å². The van der Waals surface area contributed by atoms with Crippen molar-refractivity contribution in [2.75, 3.05) is 19.8 Å². The lowest BCUT2D eigenvalue weighted by Gasteiger charge is -2.36. The van der Waals surface area contributed by atoms with E-state index in [-0.39, 0.29) is 17.8 Å². The molecule has 2 aliphatic rings. The molecule has 2 fully saturated rings. The van der Waals surface area contributed by atoms with Gasteiger partial charge in [-0.2, -0.15) is 0 Å². The van der Waals surface area contributed by atoms with Gasteiger partial charge in [-0.25, -0.2) is 9.45 Å². The van der Waals surface area contributed by atoms with Crippen LogP contribution in [0.15, 0.2) is 24.3 Å². The molecule has 0 saturated carbocycles. The summed E-state index contributed by atoms with van der Waals surface area (Å²) in [6.07, 6.45) is 2.42. The molecule has 2 aliphatic heterocycles. The van der Waals surface area contributed by atoms with Gasteiger partial charge in [0, 0.05) is 13.0 Å². The summed E-state index contributed by atoms with van der Waals surface area (Å²) in [4.78, 5) is 18.4. The van der Waals surface area contributed by atoms with Gasteiger partial charge in [-0.3, -0.25) is 9.63 Å². The van der Waals surface area contributed by atoms with Crippen LogP contribution in [0.2, 0.25) is 0 Å². The first-order valence-corrected chi connectivity index (χ1v) is 7.40. The number of rotatable bonds is 2. The summed E-state index contributed by atoms with van der Waals surface area (Å²) >= 11 is 0. The molecule has 21 heavy (non-hydrogen) atoms. The Hall–Kier alpha value is -1.46. The summed E-state index contributed by atoms with van der Waals surface area (Å²) < 4.78 is 18.5. The summed E-state index contributed by atoms with van der Waals surface area (Å²) in [6, 6.07) is 6.13. The van der Waals surface area contributed by atoms with E-state index in [2.05, 4.69) is 0 Å². The van der Waals surface area contributed by atoms with E-state index in [1.54, 1.807) is 12.1 Å². The van der Waals surface area contributed by atoms with Crippen LogP contribution in [-0.4, -0.2) is 30.8 Å². The number of hydrogen-bond acceptors (Lipinski definition) is 3. The maximum Gasteiger partial charge on any atom is 0.254 e. The summed E-state index contributed by atoms with van der Waals surface area (Å²) in [7, 11) is 0. The van der Waals surface area contributed by atoms with Crippen molar-refractivity contribution in [1.29, 1.82) is 0 Å². The third-order valence-electron chi connectivity index (χ3n) is 4.31. The largest absolute Gasteiger partial charge is 0.380 e. The van der Waals surface area contributed by atoms with Gasteiger partial charge in [0.15, 0.2) is 0 Å². The van der Waals surface area contributed by atoms with Gasteiger partial charge in [0.25, 0.3) is 5.91 Å². The van der Waals surface area contributed by atoms with Crippen LogP contribution in [0.3, 0.4) is 0 Å². The number of hydrogen-bond donors (Lipinski definition) is 0. The van der Waals surface area contributed by atoms with Gasteiger partial charge in [0.2, 0.25) is 0 Å². The van der Waals surface area contributed by atoms with Gasteiger partial charge in [0.05, 0.1) is 24.7 Å². The van der Waals surface area contributed by atoms with Gasteiger partial charge in [0.1, 0.15) is 5.82 Å². The normalized spacial score (nSPS) is 29.6. The predicted molar refractivity (Wildman–Crippen MR) is 74.7 cm³/mol. The van der Waals surface area contributed by atoms with Crippen LogP contribution in [0.5, 0.6) is 0 Å². The van der Waals surface area contributed by atoms with Crippen molar-refractivity contribution in [2.45, 2.75) is 32.2 Å². The maximum absolute atomic E-state index is 13.1. The number of ether oxygens (including phenoxy) is 1. The number of carbonyl (C=O) groups is 1. The summed E-state index contributed by atoms with van der Waals surface area (Å²) in [5.41, 5.74) is 0.378. The first-order chi connectivity index (χ1) is 10.1. The smallest absolute Gasteiger partial charge is 0.254 e. The fraction of sp³-hybridized carbons (Fsp3) is 0.562. The fourth-order valence-corrected chi connectivity index (χ4v) is 3.03. The molecule has 1 unspecified atom stereocenters. The van der Waals surface area contributed by atoms with Crippen LogP contribution in [0.4, 0.5) is 4.39 Å². The first-order valence-electron chi connectivity index (χ1n) is 7.40. The Morgan fingerprint density at radius 3 is 2.76 bits per heavy atom. The molecule has 114 valence electrons. The predicted octanol–water partition coefficient (Wildman–Crippen LogP) is 2.85. The summed E-state index contributed by atoms with van der Waals surface area (Å²) in [5, 5.41) is 1.47. The Morgan fingerprint density at radius 1 is 1.33 bits per heavy atom. The summed E-state index contributed by atoms with van der Waals surface area (Å²) in [5.74, 6) is -0.308. The van der Waals surface area contributed by atoms with Gasteiger partial charge < -0.3 is 4.74 Å². The van der Waals surface area contributed by atoms with E-state index in [4.69, 9.17) is 9.57 Å². The lowest BCUT2D eigenvalue weighted by Crippen LogP contribution is -2.45. The van der Waals surface area contributed by atoms with E-state index >= 15 is 0 Å². The molecule has 1 amide bonds. The minimum Gasteiger partial charge on any atom is -0.380 e. The Labute approximate surface area is 123 Å². The zero-order chi connectivity index (χ0) is 14.9. The zero-order valence-corrected chi connectivity index (χ0v) is 12.2. The minimum absolute atomic E-state index is 0.0333. The summed E-state index contributed by atoms with van der Waals surface area (Å²) in [6.45, 7) is 3.58. The molecule has 0 spiro atoms. The molecule has 1 aromatic carbocycles. The van der Waals surface area contributed by atoms with Crippen LogP contribution < -0.4 is 0 Å². The van der Waals surface area contributed by atoms with E-state index < -0.39 is 5.41 Å². The maximum atomic E-state index is 13.1. The second-order valence-electron chi connectivity index (χ2n) is 6.04. The van der Waals surface area contributed by atoms with E-state index in [1.165, 1.54) is 17.2 Å². The van der Waals surface area contributed by atoms with Crippen LogP contribution >= 0.6 is 0 Å². The standard InChI is InChI=1S/C16H20FNO3/c1-16(8-2-9-20-11-16)15(19)18-14(7-10-21-18)12-3-5-13(17)6-4-12/h3-6,14H,2,7-11H2,1H3/t14-,16?/m0/s1. The van der Waals surface area contributed by atoms with Crippen LogP contribution in [0.1, 0.15) is 37.8 Å². The molecule has 0 bridgehead atoms. The molecule has 5 heteroatoms. The van der Waals surface area contributed by atoms with Crippen molar-refractivity contribution < 1.29 is 18.8 Å². The Balaban J connectivity index is 1.80. The van der Waals surface area contributed by atoms with Crippen molar-refractivity contribution in [1.82, 2.24) is 5.06 Å². The quantitative estimate of drug-likeness (QED) is 0.841. The second kappa shape index (κ2) is 5.73. The first kappa shape index (κ1) is 14.5. The van der Waals surface area contributed by atoms with Gasteiger partial charge in [-0.15, -0.1) is 0 Å². The van der Waals surface area contributed by atoms with Crippen molar-refractivity contribution in [3.63, 3.8) is 0 Å². The number of carbonyl (C=O) groups excluding carboxylic acids is 1. The molecular weight excluding hydrogens is 273 g/mol. The minimum atomic E-state index is -0.527.